The van der Waals surface area contributed by atoms with Gasteiger partial charge in [0.1, 0.15) is 5.82 Å². The zero-order valence-corrected chi connectivity index (χ0v) is 13.8. The van der Waals surface area contributed by atoms with Crippen LogP contribution in [-0.2, 0) is 0 Å². The number of rotatable bonds is 3. The molecule has 0 aliphatic carbocycles. The van der Waals surface area contributed by atoms with Gasteiger partial charge in [-0.3, -0.25) is 4.79 Å². The monoisotopic (exact) mass is 324 g/mol. The van der Waals surface area contributed by atoms with Crippen LogP contribution >= 0.6 is 0 Å². The third kappa shape index (κ3) is 3.04. The first kappa shape index (κ1) is 15.2. The van der Waals surface area contributed by atoms with Crippen LogP contribution in [0, 0.1) is 6.92 Å². The van der Waals surface area contributed by atoms with Crippen LogP contribution in [0.2, 0.25) is 0 Å². The van der Waals surface area contributed by atoms with Crippen LogP contribution in [0.25, 0.3) is 22.0 Å². The molecule has 0 atom stereocenters. The number of hydrogen-bond acceptors (Lipinski definition) is 3. The molecule has 3 aromatic carbocycles. The van der Waals surface area contributed by atoms with Crippen molar-refractivity contribution in [3.05, 3.63) is 95.9 Å². The van der Waals surface area contributed by atoms with Gasteiger partial charge >= 0.3 is 0 Å². The number of ketones is 1. The van der Waals surface area contributed by atoms with Crippen molar-refractivity contribution in [2.75, 3.05) is 0 Å². The van der Waals surface area contributed by atoms with Crippen molar-refractivity contribution in [2.45, 2.75) is 6.92 Å². The third-order valence-electron chi connectivity index (χ3n) is 4.22. The quantitative estimate of drug-likeness (QED) is 0.507. The van der Waals surface area contributed by atoms with E-state index in [9.17, 15) is 4.79 Å². The van der Waals surface area contributed by atoms with Gasteiger partial charge in [-0.1, -0.05) is 66.7 Å². The Bertz CT molecular complexity index is 1050. The van der Waals surface area contributed by atoms with E-state index in [4.69, 9.17) is 0 Å². The largest absolute Gasteiger partial charge is 0.289 e. The third-order valence-corrected chi connectivity index (χ3v) is 4.22. The maximum Gasteiger partial charge on any atom is 0.193 e. The minimum Gasteiger partial charge on any atom is -0.289 e. The SMILES string of the molecule is Cc1ncc2ccc(-c3ccc(C(=O)c4ccccc4)cc3)cc2n1. The van der Waals surface area contributed by atoms with Crippen LogP contribution in [0.5, 0.6) is 0 Å². The van der Waals surface area contributed by atoms with Crippen molar-refractivity contribution in [1.82, 2.24) is 9.97 Å². The van der Waals surface area contributed by atoms with Crippen LogP contribution in [0.1, 0.15) is 21.7 Å². The van der Waals surface area contributed by atoms with Gasteiger partial charge in [0.25, 0.3) is 0 Å². The predicted molar refractivity (Wildman–Crippen MR) is 99.6 cm³/mol. The predicted octanol–water partition coefficient (Wildman–Crippen LogP) is 4.84. The van der Waals surface area contributed by atoms with E-state index < -0.39 is 0 Å². The fraction of sp³-hybridized carbons (Fsp3) is 0.0455. The number of nitrogens with zero attached hydrogens (tertiary/aromatic N) is 2. The molecule has 25 heavy (non-hydrogen) atoms. The zero-order valence-electron chi connectivity index (χ0n) is 13.8. The van der Waals surface area contributed by atoms with Gasteiger partial charge < -0.3 is 0 Å². The van der Waals surface area contributed by atoms with E-state index in [1.54, 1.807) is 0 Å². The molecule has 0 unspecified atom stereocenters. The molecule has 0 aliphatic rings. The molecule has 0 fully saturated rings. The zero-order chi connectivity index (χ0) is 17.2. The van der Waals surface area contributed by atoms with Gasteiger partial charge in [-0.15, -0.1) is 0 Å². The van der Waals surface area contributed by atoms with Gasteiger partial charge in [-0.2, -0.15) is 0 Å². The van der Waals surface area contributed by atoms with Crippen molar-refractivity contribution in [1.29, 1.82) is 0 Å². The molecule has 1 heterocycles. The highest BCUT2D eigenvalue weighted by atomic mass is 16.1. The lowest BCUT2D eigenvalue weighted by molar-refractivity contribution is 0.103. The normalized spacial score (nSPS) is 10.8. The number of fused-ring (bicyclic) bond motifs is 1. The highest BCUT2D eigenvalue weighted by Gasteiger charge is 2.09. The van der Waals surface area contributed by atoms with Crippen LogP contribution < -0.4 is 0 Å². The van der Waals surface area contributed by atoms with Gasteiger partial charge in [0, 0.05) is 22.7 Å². The molecule has 3 heteroatoms. The maximum atomic E-state index is 12.5. The number of hydrogen-bond donors (Lipinski definition) is 0. The summed E-state index contributed by atoms with van der Waals surface area (Å²) in [5.41, 5.74) is 4.45. The van der Waals surface area contributed by atoms with Gasteiger partial charge in [0.05, 0.1) is 5.52 Å². The molecule has 4 rings (SSSR count). The highest BCUT2D eigenvalue weighted by molar-refractivity contribution is 6.09. The van der Waals surface area contributed by atoms with Crippen molar-refractivity contribution in [2.24, 2.45) is 0 Å². The van der Waals surface area contributed by atoms with E-state index in [2.05, 4.69) is 22.1 Å². The highest BCUT2D eigenvalue weighted by Crippen LogP contribution is 2.24. The number of aromatic nitrogens is 2. The topological polar surface area (TPSA) is 42.9 Å². The molecule has 0 N–H and O–H groups in total. The number of benzene rings is 3. The Morgan fingerprint density at radius 3 is 2.24 bits per heavy atom. The minimum atomic E-state index is 0.0361. The smallest absolute Gasteiger partial charge is 0.193 e. The fourth-order valence-corrected chi connectivity index (χ4v) is 2.87. The molecule has 0 saturated heterocycles. The van der Waals surface area contributed by atoms with E-state index in [0.717, 1.165) is 27.9 Å². The summed E-state index contributed by atoms with van der Waals surface area (Å²) in [6.07, 6.45) is 1.84. The van der Waals surface area contributed by atoms with E-state index in [1.807, 2.05) is 73.8 Å². The second-order valence-electron chi connectivity index (χ2n) is 5.96. The number of carbonyl (C=O) groups is 1. The van der Waals surface area contributed by atoms with Crippen molar-refractivity contribution in [3.63, 3.8) is 0 Å². The fourth-order valence-electron chi connectivity index (χ4n) is 2.87. The molecular formula is C22H16N2O. The molecule has 3 nitrogen and oxygen atoms in total. The van der Waals surface area contributed by atoms with Gasteiger partial charge in [-0.25, -0.2) is 9.97 Å². The Hall–Kier alpha value is -3.33. The Labute approximate surface area is 146 Å². The molecule has 0 saturated carbocycles. The molecule has 1 aromatic heterocycles. The second kappa shape index (κ2) is 6.29. The molecule has 120 valence electrons. The summed E-state index contributed by atoms with van der Waals surface area (Å²) in [4.78, 5) is 21.2. The van der Waals surface area contributed by atoms with E-state index in [-0.39, 0.29) is 5.78 Å². The van der Waals surface area contributed by atoms with Crippen LogP contribution in [0.3, 0.4) is 0 Å². The summed E-state index contributed by atoms with van der Waals surface area (Å²) >= 11 is 0. The van der Waals surface area contributed by atoms with Crippen LogP contribution in [0.15, 0.2) is 79.0 Å². The molecule has 0 bridgehead atoms. The first-order valence-corrected chi connectivity index (χ1v) is 8.14. The molecule has 0 aliphatic heterocycles. The van der Waals surface area contributed by atoms with Crippen LogP contribution in [0.4, 0.5) is 0 Å². The number of aryl methyl sites for hydroxylation is 1. The standard InChI is InChI=1S/C22H16N2O/c1-15-23-14-20-12-11-19(13-21(20)24-15)16-7-9-18(10-8-16)22(25)17-5-3-2-4-6-17/h2-14H,1H3. The molecule has 0 spiro atoms. The summed E-state index contributed by atoms with van der Waals surface area (Å²) < 4.78 is 0. The molecule has 4 aromatic rings. The summed E-state index contributed by atoms with van der Waals surface area (Å²) in [5, 5.41) is 1.02. The van der Waals surface area contributed by atoms with Crippen molar-refractivity contribution in [3.8, 4) is 11.1 Å². The maximum absolute atomic E-state index is 12.5. The first-order chi connectivity index (χ1) is 12.2. The Morgan fingerprint density at radius 1 is 0.800 bits per heavy atom. The average molecular weight is 324 g/mol. The summed E-state index contributed by atoms with van der Waals surface area (Å²) in [6.45, 7) is 1.89. The van der Waals surface area contributed by atoms with Gasteiger partial charge in [-0.05, 0) is 24.1 Å². The minimum absolute atomic E-state index is 0.0361. The lowest BCUT2D eigenvalue weighted by Gasteiger charge is -2.06. The Balaban J connectivity index is 1.67. The number of carbonyl (C=O) groups excluding carboxylic acids is 1. The van der Waals surface area contributed by atoms with Gasteiger partial charge in [0.15, 0.2) is 5.78 Å². The van der Waals surface area contributed by atoms with Crippen molar-refractivity contribution >= 4 is 16.7 Å². The molecule has 0 radical (unpaired) electrons. The molecule has 0 amide bonds. The average Bonchev–Trinajstić information content (AvgIpc) is 2.67. The second-order valence-corrected chi connectivity index (χ2v) is 5.96. The molecular weight excluding hydrogens is 308 g/mol. The summed E-state index contributed by atoms with van der Waals surface area (Å²) in [5.74, 6) is 0.794. The summed E-state index contributed by atoms with van der Waals surface area (Å²) in [7, 11) is 0. The lowest BCUT2D eigenvalue weighted by atomic mass is 9.99. The van der Waals surface area contributed by atoms with E-state index >= 15 is 0 Å². The summed E-state index contributed by atoms with van der Waals surface area (Å²) in [6, 6.07) is 23.2. The van der Waals surface area contributed by atoms with Gasteiger partial charge in [0.2, 0.25) is 0 Å². The van der Waals surface area contributed by atoms with Crippen molar-refractivity contribution < 1.29 is 4.79 Å². The first-order valence-electron chi connectivity index (χ1n) is 8.14. The van der Waals surface area contributed by atoms with E-state index in [0.29, 0.717) is 11.1 Å². The lowest BCUT2D eigenvalue weighted by Crippen LogP contribution is -2.00. The van der Waals surface area contributed by atoms with E-state index in [1.165, 1.54) is 0 Å². The Kier molecular flexibility index (Phi) is 3.82. The van der Waals surface area contributed by atoms with Crippen LogP contribution in [-0.4, -0.2) is 15.8 Å². The Morgan fingerprint density at radius 2 is 1.48 bits per heavy atom.